The molecule has 1 unspecified atom stereocenters. The Kier molecular flexibility index (Phi) is 5.79. The number of carbonyl (C=O) groups excluding carboxylic acids is 1. The molecule has 2 aliphatic rings. The number of benzene rings is 2. The van der Waals surface area contributed by atoms with E-state index in [1.54, 1.807) is 0 Å². The maximum absolute atomic E-state index is 12.5. The van der Waals surface area contributed by atoms with Crippen LogP contribution in [0, 0.1) is 0 Å². The van der Waals surface area contributed by atoms with Crippen LogP contribution in [0.25, 0.3) is 10.9 Å². The average molecular weight is 418 g/mol. The summed E-state index contributed by atoms with van der Waals surface area (Å²) in [6.45, 7) is 4.75. The molecule has 0 bridgehead atoms. The lowest BCUT2D eigenvalue weighted by molar-refractivity contribution is -0.165. The molecular formula is C26H31N3O2. The van der Waals surface area contributed by atoms with Crippen LogP contribution in [-0.2, 0) is 22.5 Å². The van der Waals surface area contributed by atoms with E-state index in [4.69, 9.17) is 4.74 Å². The molecule has 0 aliphatic carbocycles. The van der Waals surface area contributed by atoms with E-state index in [2.05, 4.69) is 58.4 Å². The van der Waals surface area contributed by atoms with Crippen LogP contribution in [0.5, 0.6) is 0 Å². The quantitative estimate of drug-likeness (QED) is 0.683. The number of H-pyrrole nitrogens is 1. The van der Waals surface area contributed by atoms with E-state index in [0.717, 1.165) is 58.4 Å². The number of nitrogens with one attached hydrogen (secondary N) is 1. The topological polar surface area (TPSA) is 48.6 Å². The van der Waals surface area contributed by atoms with Crippen LogP contribution in [0.15, 0.2) is 60.8 Å². The molecule has 3 heterocycles. The van der Waals surface area contributed by atoms with Gasteiger partial charge in [-0.3, -0.25) is 9.69 Å². The number of hydrogen-bond donors (Lipinski definition) is 1. The first-order valence-corrected chi connectivity index (χ1v) is 11.4. The number of carbonyl (C=O) groups is 1. The lowest BCUT2D eigenvalue weighted by atomic mass is 9.92. The van der Waals surface area contributed by atoms with Crippen molar-refractivity contribution in [2.45, 2.75) is 37.8 Å². The molecule has 2 fully saturated rings. The fourth-order valence-corrected chi connectivity index (χ4v) is 5.11. The molecule has 162 valence electrons. The molecule has 1 amide bonds. The van der Waals surface area contributed by atoms with Crippen molar-refractivity contribution in [3.63, 3.8) is 0 Å². The van der Waals surface area contributed by atoms with Crippen LogP contribution >= 0.6 is 0 Å². The van der Waals surface area contributed by atoms with Gasteiger partial charge in [0.1, 0.15) is 6.61 Å². The van der Waals surface area contributed by atoms with E-state index in [0.29, 0.717) is 0 Å². The minimum Gasteiger partial charge on any atom is -0.363 e. The Morgan fingerprint density at radius 2 is 1.90 bits per heavy atom. The number of likely N-dealkylation sites (tertiary alicyclic amines) is 1. The summed E-state index contributed by atoms with van der Waals surface area (Å²) in [5.74, 6) is 0.127. The van der Waals surface area contributed by atoms with E-state index in [-0.39, 0.29) is 18.1 Å². The van der Waals surface area contributed by atoms with Gasteiger partial charge in [-0.05, 0) is 55.5 Å². The van der Waals surface area contributed by atoms with Gasteiger partial charge in [0.25, 0.3) is 0 Å². The van der Waals surface area contributed by atoms with Gasteiger partial charge < -0.3 is 14.6 Å². The summed E-state index contributed by atoms with van der Waals surface area (Å²) in [4.78, 5) is 20.4. The van der Waals surface area contributed by atoms with Gasteiger partial charge in [0.15, 0.2) is 0 Å². The molecule has 2 aliphatic heterocycles. The summed E-state index contributed by atoms with van der Waals surface area (Å²) in [6, 6.07) is 19.1. The molecule has 31 heavy (non-hydrogen) atoms. The second-order valence-corrected chi connectivity index (χ2v) is 9.01. The lowest BCUT2D eigenvalue weighted by Crippen LogP contribution is -2.55. The molecule has 5 rings (SSSR count). The molecule has 5 nitrogen and oxygen atoms in total. The zero-order chi connectivity index (χ0) is 21.1. The molecule has 0 saturated carbocycles. The number of amides is 1. The summed E-state index contributed by atoms with van der Waals surface area (Å²) in [6.07, 6.45) is 6.01. The summed E-state index contributed by atoms with van der Waals surface area (Å²) < 4.78 is 6.21. The Labute approximate surface area is 184 Å². The van der Waals surface area contributed by atoms with Crippen molar-refractivity contribution in [2.75, 3.05) is 32.8 Å². The van der Waals surface area contributed by atoms with E-state index < -0.39 is 0 Å². The number of fused-ring (bicyclic) bond motifs is 1. The predicted molar refractivity (Wildman–Crippen MR) is 123 cm³/mol. The number of hydrogen-bond acceptors (Lipinski definition) is 3. The zero-order valence-electron chi connectivity index (χ0n) is 18.1. The highest BCUT2D eigenvalue weighted by atomic mass is 16.5. The van der Waals surface area contributed by atoms with E-state index >= 15 is 0 Å². The number of ether oxygens (including phenoxy) is 1. The van der Waals surface area contributed by atoms with E-state index in [1.165, 1.54) is 22.0 Å². The van der Waals surface area contributed by atoms with Crippen molar-refractivity contribution in [2.24, 2.45) is 0 Å². The van der Waals surface area contributed by atoms with Gasteiger partial charge in [0, 0.05) is 43.3 Å². The molecule has 1 N–H and O–H groups in total. The second-order valence-electron chi connectivity index (χ2n) is 9.01. The van der Waals surface area contributed by atoms with E-state index in [1.807, 2.05) is 17.2 Å². The van der Waals surface area contributed by atoms with Crippen LogP contribution in [-0.4, -0.2) is 59.1 Å². The Balaban J connectivity index is 1.22. The van der Waals surface area contributed by atoms with Gasteiger partial charge in [0.05, 0.1) is 5.60 Å². The van der Waals surface area contributed by atoms with Crippen molar-refractivity contribution in [3.8, 4) is 0 Å². The molecule has 1 aromatic heterocycles. The first-order chi connectivity index (χ1) is 15.2. The standard InChI is InChI=1S/C26H31N3O2/c30-25-19-31-26(20-29(25)16-11-21-6-2-1-3-7-21)12-5-15-28(17-13-26)18-22-8-4-9-24-23(22)10-14-27-24/h1-4,6-10,14,27H,5,11-13,15-20H2. The molecule has 2 saturated heterocycles. The molecule has 1 atom stereocenters. The van der Waals surface area contributed by atoms with Gasteiger partial charge in [-0.1, -0.05) is 42.5 Å². The Hall–Kier alpha value is -2.63. The molecule has 5 heteroatoms. The van der Waals surface area contributed by atoms with Crippen molar-refractivity contribution in [1.82, 2.24) is 14.8 Å². The van der Waals surface area contributed by atoms with Crippen LogP contribution in [0.3, 0.4) is 0 Å². The third kappa shape index (κ3) is 4.53. The normalized spacial score (nSPS) is 22.8. The van der Waals surface area contributed by atoms with E-state index in [9.17, 15) is 4.79 Å². The van der Waals surface area contributed by atoms with Crippen molar-refractivity contribution in [1.29, 1.82) is 0 Å². The summed E-state index contributed by atoms with van der Waals surface area (Å²) in [5, 5.41) is 1.31. The third-order valence-electron chi connectivity index (χ3n) is 6.92. The van der Waals surface area contributed by atoms with Gasteiger partial charge >= 0.3 is 0 Å². The van der Waals surface area contributed by atoms with Crippen molar-refractivity contribution < 1.29 is 9.53 Å². The fourth-order valence-electron chi connectivity index (χ4n) is 5.11. The number of aromatic nitrogens is 1. The minimum absolute atomic E-state index is 0.127. The zero-order valence-corrected chi connectivity index (χ0v) is 18.1. The molecule has 1 spiro atoms. The smallest absolute Gasteiger partial charge is 0.248 e. The SMILES string of the molecule is O=C1COC2(CCCN(Cc3cccc4[nH]ccc34)CC2)CN1CCc1ccccc1. The first kappa shape index (κ1) is 20.3. The monoisotopic (exact) mass is 417 g/mol. The van der Waals surface area contributed by atoms with Crippen molar-refractivity contribution in [3.05, 3.63) is 71.9 Å². The van der Waals surface area contributed by atoms with Gasteiger partial charge in [-0.25, -0.2) is 0 Å². The van der Waals surface area contributed by atoms with Crippen LogP contribution in [0.4, 0.5) is 0 Å². The number of rotatable bonds is 5. The molecular weight excluding hydrogens is 386 g/mol. The summed E-state index contributed by atoms with van der Waals surface area (Å²) in [7, 11) is 0. The van der Waals surface area contributed by atoms with Crippen LogP contribution in [0.2, 0.25) is 0 Å². The Morgan fingerprint density at radius 1 is 1.00 bits per heavy atom. The average Bonchev–Trinajstić information content (AvgIpc) is 3.20. The maximum atomic E-state index is 12.5. The Morgan fingerprint density at radius 3 is 2.81 bits per heavy atom. The van der Waals surface area contributed by atoms with Crippen LogP contribution in [0.1, 0.15) is 30.4 Å². The highest BCUT2D eigenvalue weighted by Crippen LogP contribution is 2.31. The largest absolute Gasteiger partial charge is 0.363 e. The predicted octanol–water partition coefficient (Wildman–Crippen LogP) is 3.99. The van der Waals surface area contributed by atoms with Gasteiger partial charge in [-0.2, -0.15) is 0 Å². The molecule has 0 radical (unpaired) electrons. The minimum atomic E-state index is -0.195. The highest BCUT2D eigenvalue weighted by Gasteiger charge is 2.40. The maximum Gasteiger partial charge on any atom is 0.248 e. The summed E-state index contributed by atoms with van der Waals surface area (Å²) in [5.41, 5.74) is 3.66. The van der Waals surface area contributed by atoms with Crippen molar-refractivity contribution >= 4 is 16.8 Å². The second kappa shape index (κ2) is 8.85. The highest BCUT2D eigenvalue weighted by molar-refractivity contribution is 5.82. The van der Waals surface area contributed by atoms with Gasteiger partial charge in [-0.15, -0.1) is 0 Å². The van der Waals surface area contributed by atoms with Gasteiger partial charge in [0.2, 0.25) is 5.91 Å². The Bertz CT molecular complexity index is 1030. The number of nitrogens with zero attached hydrogens (tertiary/aromatic N) is 2. The fraction of sp³-hybridized carbons (Fsp3) is 0.423. The number of morpholine rings is 1. The summed E-state index contributed by atoms with van der Waals surface area (Å²) >= 11 is 0. The number of aromatic amines is 1. The first-order valence-electron chi connectivity index (χ1n) is 11.4. The molecule has 2 aromatic carbocycles. The van der Waals surface area contributed by atoms with Crippen LogP contribution < -0.4 is 0 Å². The lowest BCUT2D eigenvalue weighted by Gasteiger charge is -2.42. The third-order valence-corrected chi connectivity index (χ3v) is 6.92. The molecule has 3 aromatic rings.